The maximum absolute atomic E-state index is 11.2. The Morgan fingerprint density at radius 3 is 1.54 bits per heavy atom. The van der Waals surface area contributed by atoms with Crippen LogP contribution in [-0.4, -0.2) is 35.1 Å². The summed E-state index contributed by atoms with van der Waals surface area (Å²) in [5, 5.41) is 0.318. The van der Waals surface area contributed by atoms with Crippen molar-refractivity contribution in [3.8, 4) is 0 Å². The van der Waals surface area contributed by atoms with Gasteiger partial charge in [0.25, 0.3) is 0 Å². The molecule has 0 bridgehead atoms. The van der Waals surface area contributed by atoms with Gasteiger partial charge in [0.2, 0.25) is 0 Å². The Kier molecular flexibility index (Phi) is 8.16. The molecule has 0 aromatic carbocycles. The van der Waals surface area contributed by atoms with Gasteiger partial charge in [0.15, 0.2) is 16.6 Å². The Morgan fingerprint density at radius 1 is 0.833 bits per heavy atom. The molecule has 0 aliphatic rings. The third kappa shape index (κ3) is 6.39. The van der Waals surface area contributed by atoms with E-state index in [1.807, 2.05) is 0 Å². The summed E-state index contributed by atoms with van der Waals surface area (Å²) in [6.45, 7) is 26.8. The summed E-state index contributed by atoms with van der Waals surface area (Å²) in [7, 11) is -3.74. The minimum Gasteiger partial charge on any atom is -0.414 e. The number of aldehydes is 1. The van der Waals surface area contributed by atoms with Crippen molar-refractivity contribution >= 4 is 22.9 Å². The van der Waals surface area contributed by atoms with Gasteiger partial charge in [-0.25, -0.2) is 0 Å². The molecular formula is C19H42O3Si2. The van der Waals surface area contributed by atoms with Crippen molar-refractivity contribution < 1.29 is 13.6 Å². The topological polar surface area (TPSA) is 35.5 Å². The summed E-state index contributed by atoms with van der Waals surface area (Å²) < 4.78 is 13.1. The van der Waals surface area contributed by atoms with Crippen LogP contribution in [0.2, 0.25) is 36.3 Å². The summed E-state index contributed by atoms with van der Waals surface area (Å²) in [5.41, 5.74) is 0. The molecule has 5 heteroatoms. The van der Waals surface area contributed by atoms with Crippen molar-refractivity contribution in [2.24, 2.45) is 5.92 Å². The molecule has 24 heavy (non-hydrogen) atoms. The molecule has 0 aromatic heterocycles. The van der Waals surface area contributed by atoms with E-state index in [9.17, 15) is 4.79 Å². The first kappa shape index (κ1) is 24.0. The summed E-state index contributed by atoms with van der Waals surface area (Å²) in [6.07, 6.45) is 1.45. The second-order valence-corrected chi connectivity index (χ2v) is 19.8. The largest absolute Gasteiger partial charge is 0.414 e. The minimum atomic E-state index is -1.91. The van der Waals surface area contributed by atoms with Gasteiger partial charge in [-0.05, 0) is 43.2 Å². The highest BCUT2D eigenvalue weighted by atomic mass is 28.4. The highest BCUT2D eigenvalue weighted by Gasteiger charge is 2.43. The fraction of sp³-hybridized carbons (Fsp3) is 0.947. The van der Waals surface area contributed by atoms with Gasteiger partial charge in [-0.2, -0.15) is 0 Å². The van der Waals surface area contributed by atoms with E-state index < -0.39 is 16.6 Å². The van der Waals surface area contributed by atoms with Gasteiger partial charge in [-0.1, -0.05) is 48.5 Å². The number of carbonyl (C=O) groups excluding carboxylic acids is 1. The predicted molar refractivity (Wildman–Crippen MR) is 110 cm³/mol. The standard InChI is InChI=1S/C19H42O3Si2/c1-15(16(2)21-23(9,10)18(3,4)5)17(13-14-20)22-24(11,12)19(6,7)8/h14-17H,13H2,1-12H3/t15-,16+,17+/m0/s1. The van der Waals surface area contributed by atoms with E-state index in [-0.39, 0.29) is 28.2 Å². The van der Waals surface area contributed by atoms with Crippen LogP contribution < -0.4 is 0 Å². The average Bonchev–Trinajstić information content (AvgIpc) is 2.33. The van der Waals surface area contributed by atoms with E-state index in [0.717, 1.165) is 6.29 Å². The second kappa shape index (κ2) is 8.15. The third-order valence-electron chi connectivity index (χ3n) is 6.19. The first-order valence-electron chi connectivity index (χ1n) is 9.25. The van der Waals surface area contributed by atoms with Crippen molar-refractivity contribution in [1.82, 2.24) is 0 Å². The van der Waals surface area contributed by atoms with Gasteiger partial charge in [0, 0.05) is 18.4 Å². The second-order valence-electron chi connectivity index (χ2n) is 10.3. The lowest BCUT2D eigenvalue weighted by Crippen LogP contribution is -2.50. The molecule has 0 aromatic rings. The van der Waals surface area contributed by atoms with Crippen LogP contribution in [0.1, 0.15) is 61.8 Å². The van der Waals surface area contributed by atoms with E-state index in [4.69, 9.17) is 8.85 Å². The van der Waals surface area contributed by atoms with Gasteiger partial charge in [-0.3, -0.25) is 0 Å². The molecule has 0 spiro atoms. The lowest BCUT2D eigenvalue weighted by Gasteiger charge is -2.44. The molecular weight excluding hydrogens is 332 g/mol. The first-order valence-corrected chi connectivity index (χ1v) is 15.1. The molecule has 0 saturated heterocycles. The first-order chi connectivity index (χ1) is 10.5. The SMILES string of the molecule is C[C@@H]([C@@H](C)O[Si](C)(C)C(C)(C)C)[C@@H](CC=O)O[Si](C)(C)C(C)(C)C. The average molecular weight is 375 g/mol. The quantitative estimate of drug-likeness (QED) is 0.385. The van der Waals surface area contributed by atoms with Crippen LogP contribution in [-0.2, 0) is 13.6 Å². The molecule has 144 valence electrons. The zero-order chi connectivity index (χ0) is 19.6. The van der Waals surface area contributed by atoms with Crippen LogP contribution in [0.15, 0.2) is 0 Å². The summed E-state index contributed by atoms with van der Waals surface area (Å²) >= 11 is 0. The monoisotopic (exact) mass is 374 g/mol. The van der Waals surface area contributed by atoms with E-state index in [1.54, 1.807) is 0 Å². The molecule has 0 rings (SSSR count). The fourth-order valence-electron chi connectivity index (χ4n) is 2.07. The Bertz CT molecular complexity index is 406. The summed E-state index contributed by atoms with van der Waals surface area (Å²) in [5.74, 6) is 0.193. The molecule has 0 heterocycles. The van der Waals surface area contributed by atoms with Gasteiger partial charge in [0.05, 0.1) is 6.10 Å². The summed E-state index contributed by atoms with van der Waals surface area (Å²) in [6, 6.07) is 0. The van der Waals surface area contributed by atoms with Crippen LogP contribution in [0.5, 0.6) is 0 Å². The Hall–Kier alpha value is 0.0238. The van der Waals surface area contributed by atoms with Gasteiger partial charge < -0.3 is 13.6 Å². The molecule has 3 nitrogen and oxygen atoms in total. The van der Waals surface area contributed by atoms with E-state index >= 15 is 0 Å². The van der Waals surface area contributed by atoms with Gasteiger partial charge in [-0.15, -0.1) is 0 Å². The minimum absolute atomic E-state index is 0.0665. The molecule has 0 amide bonds. The number of hydrogen-bond donors (Lipinski definition) is 0. The molecule has 0 N–H and O–H groups in total. The fourth-order valence-corrected chi connectivity index (χ4v) is 4.99. The Balaban J connectivity index is 5.23. The predicted octanol–water partition coefficient (Wildman–Crippen LogP) is 6.01. The van der Waals surface area contributed by atoms with Gasteiger partial charge >= 0.3 is 0 Å². The molecule has 0 saturated carbocycles. The van der Waals surface area contributed by atoms with Crippen molar-refractivity contribution in [1.29, 1.82) is 0 Å². The number of hydrogen-bond acceptors (Lipinski definition) is 3. The molecule has 0 unspecified atom stereocenters. The van der Waals surface area contributed by atoms with Crippen molar-refractivity contribution in [3.05, 3.63) is 0 Å². The molecule has 3 atom stereocenters. The van der Waals surface area contributed by atoms with Crippen LogP contribution in [0.4, 0.5) is 0 Å². The molecule has 0 aliphatic carbocycles. The summed E-state index contributed by atoms with van der Waals surface area (Å²) in [4.78, 5) is 11.2. The molecule has 0 aliphatic heterocycles. The van der Waals surface area contributed by atoms with Gasteiger partial charge in [0.1, 0.15) is 6.29 Å². The number of carbonyl (C=O) groups is 1. The highest BCUT2D eigenvalue weighted by Crippen LogP contribution is 2.41. The maximum Gasteiger partial charge on any atom is 0.192 e. The smallest absolute Gasteiger partial charge is 0.192 e. The van der Waals surface area contributed by atoms with Crippen molar-refractivity contribution in [2.45, 2.75) is 110 Å². The van der Waals surface area contributed by atoms with Crippen LogP contribution in [0, 0.1) is 5.92 Å². The van der Waals surface area contributed by atoms with Crippen molar-refractivity contribution in [3.63, 3.8) is 0 Å². The molecule has 0 radical (unpaired) electrons. The third-order valence-corrected chi connectivity index (χ3v) is 15.3. The van der Waals surface area contributed by atoms with Crippen molar-refractivity contribution in [2.75, 3.05) is 0 Å². The maximum atomic E-state index is 11.2. The Morgan fingerprint density at radius 2 is 1.21 bits per heavy atom. The Labute approximate surface area is 153 Å². The highest BCUT2D eigenvalue weighted by molar-refractivity contribution is 6.74. The van der Waals surface area contributed by atoms with Crippen LogP contribution >= 0.6 is 0 Å². The van der Waals surface area contributed by atoms with E-state index in [2.05, 4.69) is 81.6 Å². The molecule has 0 fully saturated rings. The van der Waals surface area contributed by atoms with E-state index in [1.165, 1.54) is 0 Å². The van der Waals surface area contributed by atoms with E-state index in [0.29, 0.717) is 6.42 Å². The normalized spacial score (nSPS) is 18.2. The lowest BCUT2D eigenvalue weighted by molar-refractivity contribution is -0.110. The van der Waals surface area contributed by atoms with Crippen LogP contribution in [0.25, 0.3) is 0 Å². The zero-order valence-electron chi connectivity index (χ0n) is 18.2. The lowest BCUT2D eigenvalue weighted by atomic mass is 9.97. The zero-order valence-corrected chi connectivity index (χ0v) is 20.2. The van der Waals surface area contributed by atoms with Crippen LogP contribution in [0.3, 0.4) is 0 Å². The number of rotatable bonds is 8.